The molecule has 0 radical (unpaired) electrons. The van der Waals surface area contributed by atoms with Crippen molar-refractivity contribution in [3.63, 3.8) is 0 Å². The lowest BCUT2D eigenvalue weighted by Gasteiger charge is -2.06. The molecule has 0 amide bonds. The topological polar surface area (TPSA) is 58.5 Å². The molecule has 0 saturated carbocycles. The average molecular weight is 367 g/mol. The summed E-state index contributed by atoms with van der Waals surface area (Å²) in [6.07, 6.45) is 11.9. The first-order valence-corrected chi connectivity index (χ1v) is 11.3. The smallest absolute Gasteiger partial charge is 0.205 e. The number of benzene rings is 1. The van der Waals surface area contributed by atoms with Gasteiger partial charge in [0.1, 0.15) is 0 Å². The summed E-state index contributed by atoms with van der Waals surface area (Å²) in [7, 11) is -3.33. The van der Waals surface area contributed by atoms with Gasteiger partial charge in [-0.05, 0) is 18.9 Å². The van der Waals surface area contributed by atoms with E-state index in [1.807, 2.05) is 30.3 Å². The molecule has 1 aromatic rings. The van der Waals surface area contributed by atoms with Gasteiger partial charge in [-0.2, -0.15) is 5.10 Å². The standard InChI is InChI=1S/C20H34N2O2S/c1-3-4-5-6-7-8-9-10-11-15-18-25(23,24)22-21-19(2)20-16-13-12-14-17-20/h12-14,16-17,22H,3-11,15,18H2,1-2H3. The Kier molecular flexibility index (Phi) is 11.2. The highest BCUT2D eigenvalue weighted by Crippen LogP contribution is 2.11. The summed E-state index contributed by atoms with van der Waals surface area (Å²) in [5, 5.41) is 4.01. The van der Waals surface area contributed by atoms with E-state index >= 15 is 0 Å². The number of rotatable bonds is 14. The summed E-state index contributed by atoms with van der Waals surface area (Å²) in [6, 6.07) is 9.57. The van der Waals surface area contributed by atoms with E-state index in [0.29, 0.717) is 12.1 Å². The normalized spacial score (nSPS) is 12.3. The molecule has 0 spiro atoms. The SMILES string of the molecule is CCCCCCCCCCCCS(=O)(=O)NN=C(C)c1ccccc1. The Morgan fingerprint density at radius 2 is 1.40 bits per heavy atom. The van der Waals surface area contributed by atoms with E-state index < -0.39 is 10.0 Å². The number of hydrogen-bond acceptors (Lipinski definition) is 3. The number of nitrogens with one attached hydrogen (secondary N) is 1. The summed E-state index contributed by atoms with van der Waals surface area (Å²) in [4.78, 5) is 2.35. The molecule has 1 rings (SSSR count). The van der Waals surface area contributed by atoms with Gasteiger partial charge in [-0.3, -0.25) is 0 Å². The molecule has 0 heterocycles. The Labute approximate surface area is 154 Å². The van der Waals surface area contributed by atoms with Crippen molar-refractivity contribution < 1.29 is 8.42 Å². The lowest BCUT2D eigenvalue weighted by atomic mass is 10.1. The maximum atomic E-state index is 12.0. The lowest BCUT2D eigenvalue weighted by Crippen LogP contribution is -2.22. The molecule has 0 aromatic heterocycles. The number of hydrazone groups is 1. The van der Waals surface area contributed by atoms with E-state index in [1.54, 1.807) is 6.92 Å². The Balaban J connectivity index is 2.13. The molecule has 0 unspecified atom stereocenters. The third-order valence-electron chi connectivity index (χ3n) is 4.31. The molecular weight excluding hydrogens is 332 g/mol. The fraction of sp³-hybridized carbons (Fsp3) is 0.650. The van der Waals surface area contributed by atoms with E-state index in [9.17, 15) is 8.42 Å². The molecule has 0 aliphatic heterocycles. The van der Waals surface area contributed by atoms with E-state index in [0.717, 1.165) is 18.4 Å². The number of hydrogen-bond donors (Lipinski definition) is 1. The highest BCUT2D eigenvalue weighted by Gasteiger charge is 2.08. The summed E-state index contributed by atoms with van der Waals surface area (Å²) in [5.74, 6) is 0.148. The van der Waals surface area contributed by atoms with Gasteiger partial charge in [0.15, 0.2) is 0 Å². The Morgan fingerprint density at radius 1 is 0.880 bits per heavy atom. The Hall–Kier alpha value is -1.36. The maximum absolute atomic E-state index is 12.0. The van der Waals surface area contributed by atoms with E-state index in [4.69, 9.17) is 0 Å². The number of nitrogens with zero attached hydrogens (tertiary/aromatic N) is 1. The molecule has 4 nitrogen and oxygen atoms in total. The maximum Gasteiger partial charge on any atom is 0.247 e. The molecule has 142 valence electrons. The molecule has 0 atom stereocenters. The summed E-state index contributed by atoms with van der Waals surface area (Å²) < 4.78 is 24.0. The largest absolute Gasteiger partial charge is 0.247 e. The minimum Gasteiger partial charge on any atom is -0.205 e. The van der Waals surface area contributed by atoms with Crippen LogP contribution in [0.2, 0.25) is 0 Å². The van der Waals surface area contributed by atoms with Crippen LogP contribution in [0, 0.1) is 0 Å². The van der Waals surface area contributed by atoms with Crippen LogP contribution >= 0.6 is 0 Å². The number of unbranched alkanes of at least 4 members (excludes halogenated alkanes) is 9. The van der Waals surface area contributed by atoms with Crippen LogP contribution in [0.15, 0.2) is 35.4 Å². The fourth-order valence-corrected chi connectivity index (χ4v) is 3.66. The minimum absolute atomic E-state index is 0.148. The van der Waals surface area contributed by atoms with Gasteiger partial charge in [0.25, 0.3) is 0 Å². The molecule has 25 heavy (non-hydrogen) atoms. The fourth-order valence-electron chi connectivity index (χ4n) is 2.71. The zero-order valence-corrected chi connectivity index (χ0v) is 16.7. The predicted octanol–water partition coefficient (Wildman–Crippen LogP) is 5.25. The van der Waals surface area contributed by atoms with Gasteiger partial charge in [-0.25, -0.2) is 13.2 Å². The van der Waals surface area contributed by atoms with Crippen LogP contribution in [0.4, 0.5) is 0 Å². The van der Waals surface area contributed by atoms with Crippen molar-refractivity contribution in [2.75, 3.05) is 5.75 Å². The van der Waals surface area contributed by atoms with Crippen LogP contribution < -0.4 is 4.83 Å². The van der Waals surface area contributed by atoms with Gasteiger partial charge in [-0.1, -0.05) is 95.0 Å². The molecule has 5 heteroatoms. The van der Waals surface area contributed by atoms with Crippen molar-refractivity contribution in [1.82, 2.24) is 4.83 Å². The van der Waals surface area contributed by atoms with Gasteiger partial charge >= 0.3 is 0 Å². The molecular formula is C20H34N2O2S. The van der Waals surface area contributed by atoms with Crippen molar-refractivity contribution in [3.8, 4) is 0 Å². The molecule has 0 bridgehead atoms. The van der Waals surface area contributed by atoms with Crippen LogP contribution in [0.1, 0.15) is 83.6 Å². The monoisotopic (exact) mass is 366 g/mol. The molecule has 0 fully saturated rings. The molecule has 0 saturated heterocycles. The van der Waals surface area contributed by atoms with E-state index in [1.165, 1.54) is 44.9 Å². The van der Waals surface area contributed by atoms with Crippen molar-refractivity contribution in [2.24, 2.45) is 5.10 Å². The van der Waals surface area contributed by atoms with E-state index in [-0.39, 0.29) is 5.75 Å². The minimum atomic E-state index is -3.33. The van der Waals surface area contributed by atoms with Gasteiger partial charge in [-0.15, -0.1) is 0 Å². The third-order valence-corrected chi connectivity index (χ3v) is 5.51. The molecule has 1 N–H and O–H groups in total. The third kappa shape index (κ3) is 11.0. The van der Waals surface area contributed by atoms with Crippen molar-refractivity contribution in [1.29, 1.82) is 0 Å². The Morgan fingerprint density at radius 3 is 1.96 bits per heavy atom. The predicted molar refractivity (Wildman–Crippen MR) is 107 cm³/mol. The first-order chi connectivity index (χ1) is 12.0. The van der Waals surface area contributed by atoms with Gasteiger partial charge in [0, 0.05) is 0 Å². The Bertz CT molecular complexity index is 583. The average Bonchev–Trinajstić information content (AvgIpc) is 2.62. The second-order valence-corrected chi connectivity index (χ2v) is 8.48. The van der Waals surface area contributed by atoms with Gasteiger partial charge < -0.3 is 0 Å². The number of sulfonamides is 1. The quantitative estimate of drug-likeness (QED) is 0.278. The second kappa shape index (κ2) is 12.9. The van der Waals surface area contributed by atoms with Crippen molar-refractivity contribution in [2.45, 2.75) is 78.1 Å². The summed E-state index contributed by atoms with van der Waals surface area (Å²) in [5.41, 5.74) is 1.59. The van der Waals surface area contributed by atoms with Crippen molar-refractivity contribution in [3.05, 3.63) is 35.9 Å². The second-order valence-electron chi connectivity index (χ2n) is 6.66. The highest BCUT2D eigenvalue weighted by molar-refractivity contribution is 7.89. The van der Waals surface area contributed by atoms with Crippen LogP contribution in [-0.4, -0.2) is 19.9 Å². The zero-order valence-electron chi connectivity index (χ0n) is 15.8. The summed E-state index contributed by atoms with van der Waals surface area (Å²) >= 11 is 0. The first-order valence-electron chi connectivity index (χ1n) is 9.64. The highest BCUT2D eigenvalue weighted by atomic mass is 32.2. The van der Waals surface area contributed by atoms with Crippen molar-refractivity contribution >= 4 is 15.7 Å². The summed E-state index contributed by atoms with van der Waals surface area (Å²) in [6.45, 7) is 4.04. The van der Waals surface area contributed by atoms with Crippen LogP contribution in [-0.2, 0) is 10.0 Å². The molecule has 1 aromatic carbocycles. The van der Waals surface area contributed by atoms with Gasteiger partial charge in [0.05, 0.1) is 11.5 Å². The van der Waals surface area contributed by atoms with E-state index in [2.05, 4.69) is 16.9 Å². The zero-order chi connectivity index (χ0) is 18.4. The first kappa shape index (κ1) is 21.7. The molecule has 0 aliphatic rings. The van der Waals surface area contributed by atoms with Crippen LogP contribution in [0.3, 0.4) is 0 Å². The van der Waals surface area contributed by atoms with Gasteiger partial charge in [0.2, 0.25) is 10.0 Å². The molecule has 0 aliphatic carbocycles. The van der Waals surface area contributed by atoms with Crippen LogP contribution in [0.25, 0.3) is 0 Å². The van der Waals surface area contributed by atoms with Crippen LogP contribution in [0.5, 0.6) is 0 Å². The lowest BCUT2D eigenvalue weighted by molar-refractivity contribution is 0.555.